The van der Waals surface area contributed by atoms with Gasteiger partial charge in [0.05, 0.1) is 11.4 Å². The van der Waals surface area contributed by atoms with Crippen molar-refractivity contribution in [2.24, 2.45) is 0 Å². The predicted octanol–water partition coefficient (Wildman–Crippen LogP) is 4.70. The third kappa shape index (κ3) is 2.35. The second-order valence-electron chi connectivity index (χ2n) is 6.58. The van der Waals surface area contributed by atoms with E-state index < -0.39 is 0 Å². The van der Waals surface area contributed by atoms with E-state index in [2.05, 4.69) is 85.4 Å². The van der Waals surface area contributed by atoms with Crippen LogP contribution in [0.2, 0.25) is 0 Å². The number of hydrogen-bond donors (Lipinski definition) is 0. The molecule has 1 aliphatic rings. The average Bonchev–Trinajstić information content (AvgIpc) is 2.57. The van der Waals surface area contributed by atoms with E-state index in [4.69, 9.17) is 0 Å². The highest BCUT2D eigenvalue weighted by Gasteiger charge is 2.18. The molecule has 3 aromatic rings. The van der Waals surface area contributed by atoms with E-state index in [1.54, 1.807) is 0 Å². The Balaban J connectivity index is 1.94. The van der Waals surface area contributed by atoms with Crippen LogP contribution >= 0.6 is 0 Å². The summed E-state index contributed by atoms with van der Waals surface area (Å²) in [5.74, 6) is 0. The van der Waals surface area contributed by atoms with Crippen molar-refractivity contribution in [2.45, 2.75) is 6.92 Å². The minimum atomic E-state index is 1.07. The maximum absolute atomic E-state index is 2.36. The normalized spacial score (nSPS) is 14.2. The van der Waals surface area contributed by atoms with Gasteiger partial charge in [-0.2, -0.15) is 0 Å². The van der Waals surface area contributed by atoms with Crippen molar-refractivity contribution in [3.8, 4) is 11.1 Å². The first kappa shape index (κ1) is 14.1. The maximum Gasteiger partial charge on any atom is 0.0608 e. The number of hydrogen-bond acceptors (Lipinski definition) is 2. The van der Waals surface area contributed by atoms with E-state index in [1.807, 2.05) is 0 Å². The number of nitrogens with zero attached hydrogens (tertiary/aromatic N) is 2. The van der Waals surface area contributed by atoms with Gasteiger partial charge in [-0.3, -0.25) is 0 Å². The van der Waals surface area contributed by atoms with Crippen molar-refractivity contribution < 1.29 is 0 Å². The zero-order valence-corrected chi connectivity index (χ0v) is 14.0. The van der Waals surface area contributed by atoms with Crippen LogP contribution in [0.15, 0.2) is 54.6 Å². The molecule has 1 aliphatic heterocycles. The molecule has 0 unspecified atom stereocenters. The molecule has 4 rings (SSSR count). The third-order valence-corrected chi connectivity index (χ3v) is 4.89. The number of likely N-dealkylation sites (N-methyl/N-ethyl adjacent to an activating group) is 2. The van der Waals surface area contributed by atoms with Gasteiger partial charge in [0, 0.05) is 27.2 Å². The standard InChI is InChI=1S/C21H22N2/c1-15-12-16-6-4-5-7-18(16)19(13-15)17-8-9-20-21(14-17)23(3)11-10-22(20)2/h4-9,12-14H,10-11H2,1-3H3. The molecule has 0 aliphatic carbocycles. The van der Waals surface area contributed by atoms with Crippen LogP contribution in [0.3, 0.4) is 0 Å². The molecule has 116 valence electrons. The van der Waals surface area contributed by atoms with Gasteiger partial charge in [-0.05, 0) is 46.5 Å². The summed E-state index contributed by atoms with van der Waals surface area (Å²) in [6.07, 6.45) is 0. The topological polar surface area (TPSA) is 6.48 Å². The molecule has 0 spiro atoms. The maximum atomic E-state index is 2.36. The number of rotatable bonds is 1. The van der Waals surface area contributed by atoms with Crippen LogP contribution in [-0.2, 0) is 0 Å². The van der Waals surface area contributed by atoms with Crippen LogP contribution < -0.4 is 9.80 Å². The first-order chi connectivity index (χ1) is 11.1. The molecule has 0 aromatic heterocycles. The highest BCUT2D eigenvalue weighted by Crippen LogP contribution is 2.37. The Bertz CT molecular complexity index is 882. The van der Waals surface area contributed by atoms with Crippen LogP contribution in [0.1, 0.15) is 5.56 Å². The molecule has 0 atom stereocenters. The molecule has 1 heterocycles. The van der Waals surface area contributed by atoms with Gasteiger partial charge < -0.3 is 9.80 Å². The van der Waals surface area contributed by atoms with Crippen molar-refractivity contribution in [3.05, 3.63) is 60.2 Å². The Hall–Kier alpha value is -2.48. The Morgan fingerprint density at radius 1 is 0.783 bits per heavy atom. The molecule has 23 heavy (non-hydrogen) atoms. The molecule has 0 bridgehead atoms. The van der Waals surface area contributed by atoms with Crippen molar-refractivity contribution >= 4 is 22.1 Å². The third-order valence-electron chi connectivity index (χ3n) is 4.89. The van der Waals surface area contributed by atoms with Crippen LogP contribution in [0.25, 0.3) is 21.9 Å². The summed E-state index contributed by atoms with van der Waals surface area (Å²) in [5.41, 5.74) is 6.57. The Morgan fingerprint density at radius 3 is 2.35 bits per heavy atom. The number of fused-ring (bicyclic) bond motifs is 2. The van der Waals surface area contributed by atoms with E-state index in [0.29, 0.717) is 0 Å². The minimum Gasteiger partial charge on any atom is -0.371 e. The van der Waals surface area contributed by atoms with E-state index in [-0.39, 0.29) is 0 Å². The quantitative estimate of drug-likeness (QED) is 0.643. The van der Waals surface area contributed by atoms with Crippen molar-refractivity contribution in [1.29, 1.82) is 0 Å². The predicted molar refractivity (Wildman–Crippen MR) is 101 cm³/mol. The lowest BCUT2D eigenvalue weighted by molar-refractivity contribution is 0.798. The Kier molecular flexibility index (Phi) is 3.26. The lowest BCUT2D eigenvalue weighted by atomic mass is 9.95. The monoisotopic (exact) mass is 302 g/mol. The van der Waals surface area contributed by atoms with E-state index in [9.17, 15) is 0 Å². The van der Waals surface area contributed by atoms with Gasteiger partial charge in [-0.15, -0.1) is 0 Å². The van der Waals surface area contributed by atoms with Crippen LogP contribution in [0.4, 0.5) is 11.4 Å². The lowest BCUT2D eigenvalue weighted by Gasteiger charge is -2.35. The summed E-state index contributed by atoms with van der Waals surface area (Å²) in [7, 11) is 4.36. The number of benzene rings is 3. The summed E-state index contributed by atoms with van der Waals surface area (Å²) in [6, 6.07) is 20.1. The zero-order chi connectivity index (χ0) is 16.0. The molecule has 0 radical (unpaired) electrons. The lowest BCUT2D eigenvalue weighted by Crippen LogP contribution is -2.36. The average molecular weight is 302 g/mol. The van der Waals surface area contributed by atoms with Gasteiger partial charge in [-0.25, -0.2) is 0 Å². The largest absolute Gasteiger partial charge is 0.371 e. The van der Waals surface area contributed by atoms with Gasteiger partial charge >= 0.3 is 0 Å². The second-order valence-corrected chi connectivity index (χ2v) is 6.58. The number of aryl methyl sites for hydroxylation is 1. The van der Waals surface area contributed by atoms with Gasteiger partial charge in [0.1, 0.15) is 0 Å². The molecule has 0 saturated carbocycles. The van der Waals surface area contributed by atoms with Crippen LogP contribution in [-0.4, -0.2) is 27.2 Å². The summed E-state index contributed by atoms with van der Waals surface area (Å²) in [5, 5.41) is 2.63. The molecule has 0 saturated heterocycles. The first-order valence-corrected chi connectivity index (χ1v) is 8.19. The molecule has 0 fully saturated rings. The smallest absolute Gasteiger partial charge is 0.0608 e. The highest BCUT2D eigenvalue weighted by molar-refractivity contribution is 5.98. The van der Waals surface area contributed by atoms with Gasteiger partial charge in [0.15, 0.2) is 0 Å². The number of anilines is 2. The molecular formula is C21H22N2. The summed E-state index contributed by atoms with van der Waals surface area (Å²) < 4.78 is 0. The van der Waals surface area contributed by atoms with Gasteiger partial charge in [0.25, 0.3) is 0 Å². The van der Waals surface area contributed by atoms with Gasteiger partial charge in [-0.1, -0.05) is 42.5 Å². The van der Waals surface area contributed by atoms with E-state index in [1.165, 1.54) is 38.8 Å². The van der Waals surface area contributed by atoms with Gasteiger partial charge in [0.2, 0.25) is 0 Å². The fraction of sp³-hybridized carbons (Fsp3) is 0.238. The molecule has 2 heteroatoms. The Labute approximate surface area is 138 Å². The van der Waals surface area contributed by atoms with Crippen molar-refractivity contribution in [2.75, 3.05) is 37.0 Å². The highest BCUT2D eigenvalue weighted by atomic mass is 15.2. The summed E-state index contributed by atoms with van der Waals surface area (Å²) in [4.78, 5) is 4.70. The fourth-order valence-corrected chi connectivity index (χ4v) is 3.56. The zero-order valence-electron chi connectivity index (χ0n) is 14.0. The van der Waals surface area contributed by atoms with E-state index >= 15 is 0 Å². The molecule has 0 N–H and O–H groups in total. The minimum absolute atomic E-state index is 1.07. The Morgan fingerprint density at radius 2 is 1.52 bits per heavy atom. The SMILES string of the molecule is Cc1cc(-c2ccc3c(c2)N(C)CCN3C)c2ccccc2c1. The van der Waals surface area contributed by atoms with Crippen LogP contribution in [0.5, 0.6) is 0 Å². The van der Waals surface area contributed by atoms with E-state index in [0.717, 1.165) is 13.1 Å². The van der Waals surface area contributed by atoms with Crippen molar-refractivity contribution in [1.82, 2.24) is 0 Å². The fourth-order valence-electron chi connectivity index (χ4n) is 3.56. The first-order valence-electron chi connectivity index (χ1n) is 8.19. The molecule has 3 aromatic carbocycles. The molecular weight excluding hydrogens is 280 g/mol. The second kappa shape index (κ2) is 5.31. The summed E-state index contributed by atoms with van der Waals surface area (Å²) in [6.45, 7) is 4.33. The summed E-state index contributed by atoms with van der Waals surface area (Å²) >= 11 is 0. The molecule has 2 nitrogen and oxygen atoms in total. The van der Waals surface area contributed by atoms with Crippen molar-refractivity contribution in [3.63, 3.8) is 0 Å². The van der Waals surface area contributed by atoms with Crippen LogP contribution in [0, 0.1) is 6.92 Å². The molecule has 0 amide bonds.